The largest absolute Gasteiger partial charge is 0.481 e. The Labute approximate surface area is 123 Å². The molecule has 0 bridgehead atoms. The van der Waals surface area contributed by atoms with Gasteiger partial charge >= 0.3 is 5.97 Å². The zero-order valence-electron chi connectivity index (χ0n) is 11.8. The molecule has 4 nitrogen and oxygen atoms in total. The van der Waals surface area contributed by atoms with Gasteiger partial charge in [0.05, 0.1) is 6.42 Å². The van der Waals surface area contributed by atoms with Gasteiger partial charge in [0.15, 0.2) is 0 Å². The summed E-state index contributed by atoms with van der Waals surface area (Å²) >= 11 is 3.73. The Bertz CT molecular complexity index is 330. The first kappa shape index (κ1) is 16.7. The van der Waals surface area contributed by atoms with E-state index in [4.69, 9.17) is 5.11 Å². The Kier molecular flexibility index (Phi) is 6.53. The fourth-order valence-corrected chi connectivity index (χ4v) is 4.62. The average molecular weight is 305 g/mol. The maximum absolute atomic E-state index is 12.1. The molecule has 0 saturated carbocycles. The molecule has 1 heterocycles. The van der Waals surface area contributed by atoms with Crippen LogP contribution in [-0.2, 0) is 9.59 Å². The first-order chi connectivity index (χ1) is 8.83. The second kappa shape index (κ2) is 7.43. The Morgan fingerprint density at radius 3 is 2.58 bits per heavy atom. The average Bonchev–Trinajstić information content (AvgIpc) is 2.28. The summed E-state index contributed by atoms with van der Waals surface area (Å²) < 4.78 is 0. The van der Waals surface area contributed by atoms with Gasteiger partial charge in [0.1, 0.15) is 0 Å². The highest BCUT2D eigenvalue weighted by molar-refractivity contribution is 8.06. The van der Waals surface area contributed by atoms with Crippen LogP contribution in [0.4, 0.5) is 0 Å². The molecule has 1 saturated heterocycles. The van der Waals surface area contributed by atoms with Crippen molar-refractivity contribution in [2.24, 2.45) is 5.92 Å². The van der Waals surface area contributed by atoms with Crippen molar-refractivity contribution in [3.8, 4) is 0 Å². The quantitative estimate of drug-likeness (QED) is 0.788. The SMILES string of the molecule is CC(C)C(C)(CC(=O)O)NC(=O)CC1CSCCS1. The van der Waals surface area contributed by atoms with E-state index in [2.05, 4.69) is 5.32 Å². The molecule has 2 unspecified atom stereocenters. The van der Waals surface area contributed by atoms with Crippen LogP contribution < -0.4 is 5.32 Å². The Morgan fingerprint density at radius 1 is 1.42 bits per heavy atom. The van der Waals surface area contributed by atoms with E-state index in [1.807, 2.05) is 44.3 Å². The summed E-state index contributed by atoms with van der Waals surface area (Å²) in [5.74, 6) is 2.44. The lowest BCUT2D eigenvalue weighted by Crippen LogP contribution is -2.51. The van der Waals surface area contributed by atoms with E-state index in [-0.39, 0.29) is 18.2 Å². The molecule has 1 aliphatic rings. The van der Waals surface area contributed by atoms with Gasteiger partial charge in [-0.1, -0.05) is 13.8 Å². The van der Waals surface area contributed by atoms with Crippen molar-refractivity contribution < 1.29 is 14.7 Å². The maximum atomic E-state index is 12.1. The summed E-state index contributed by atoms with van der Waals surface area (Å²) in [7, 11) is 0. The first-order valence-corrected chi connectivity index (χ1v) is 8.76. The van der Waals surface area contributed by atoms with Gasteiger partial charge in [-0.25, -0.2) is 0 Å². The first-order valence-electron chi connectivity index (χ1n) is 6.55. The number of thioether (sulfide) groups is 2. The highest BCUT2D eigenvalue weighted by Crippen LogP contribution is 2.27. The highest BCUT2D eigenvalue weighted by atomic mass is 32.2. The van der Waals surface area contributed by atoms with Crippen molar-refractivity contribution in [3.63, 3.8) is 0 Å². The summed E-state index contributed by atoms with van der Waals surface area (Å²) in [5, 5.41) is 12.3. The fourth-order valence-electron chi connectivity index (χ4n) is 1.94. The maximum Gasteiger partial charge on any atom is 0.305 e. The molecule has 0 aromatic heterocycles. The van der Waals surface area contributed by atoms with Crippen molar-refractivity contribution in [1.82, 2.24) is 5.32 Å². The number of carboxylic acid groups (broad SMARTS) is 1. The van der Waals surface area contributed by atoms with E-state index in [1.165, 1.54) is 0 Å². The van der Waals surface area contributed by atoms with Crippen LogP contribution in [0.15, 0.2) is 0 Å². The van der Waals surface area contributed by atoms with E-state index in [1.54, 1.807) is 0 Å². The summed E-state index contributed by atoms with van der Waals surface area (Å²) in [6.45, 7) is 5.69. The van der Waals surface area contributed by atoms with Gasteiger partial charge in [0, 0.05) is 34.5 Å². The topological polar surface area (TPSA) is 66.4 Å². The molecule has 110 valence electrons. The van der Waals surface area contributed by atoms with Crippen LogP contribution in [0.1, 0.15) is 33.6 Å². The van der Waals surface area contributed by atoms with Crippen LogP contribution in [0.3, 0.4) is 0 Å². The minimum atomic E-state index is -0.876. The smallest absolute Gasteiger partial charge is 0.305 e. The summed E-state index contributed by atoms with van der Waals surface area (Å²) in [5.41, 5.74) is -0.671. The molecule has 1 rings (SSSR count). The van der Waals surface area contributed by atoms with Crippen molar-refractivity contribution >= 4 is 35.4 Å². The molecular formula is C13H23NO3S2. The zero-order valence-corrected chi connectivity index (χ0v) is 13.4. The van der Waals surface area contributed by atoms with Gasteiger partial charge < -0.3 is 10.4 Å². The Balaban J connectivity index is 2.53. The van der Waals surface area contributed by atoms with E-state index in [0.717, 1.165) is 17.3 Å². The zero-order chi connectivity index (χ0) is 14.5. The monoisotopic (exact) mass is 305 g/mol. The van der Waals surface area contributed by atoms with Crippen LogP contribution in [0.25, 0.3) is 0 Å². The van der Waals surface area contributed by atoms with Crippen molar-refractivity contribution in [3.05, 3.63) is 0 Å². The normalized spacial score (nSPS) is 22.8. The molecule has 0 aromatic carbocycles. The molecule has 1 aliphatic heterocycles. The number of aliphatic carboxylic acids is 1. The summed E-state index contributed by atoms with van der Waals surface area (Å²) in [6, 6.07) is 0. The predicted octanol–water partition coefficient (Wildman–Crippen LogP) is 2.23. The van der Waals surface area contributed by atoms with E-state index in [9.17, 15) is 9.59 Å². The lowest BCUT2D eigenvalue weighted by atomic mass is 9.85. The number of carbonyl (C=O) groups excluding carboxylic acids is 1. The van der Waals surface area contributed by atoms with E-state index >= 15 is 0 Å². The molecule has 6 heteroatoms. The number of carbonyl (C=O) groups is 2. The minimum absolute atomic E-state index is 0.0301. The van der Waals surface area contributed by atoms with Crippen molar-refractivity contribution in [2.75, 3.05) is 17.3 Å². The third-order valence-corrected chi connectivity index (χ3v) is 6.36. The molecule has 0 radical (unpaired) electrons. The van der Waals surface area contributed by atoms with Crippen LogP contribution >= 0.6 is 23.5 Å². The van der Waals surface area contributed by atoms with Gasteiger partial charge in [0.25, 0.3) is 0 Å². The fraction of sp³-hybridized carbons (Fsp3) is 0.846. The van der Waals surface area contributed by atoms with Gasteiger partial charge in [-0.15, -0.1) is 0 Å². The lowest BCUT2D eigenvalue weighted by molar-refractivity contribution is -0.139. The van der Waals surface area contributed by atoms with Crippen LogP contribution in [0.2, 0.25) is 0 Å². The van der Waals surface area contributed by atoms with Crippen LogP contribution in [0, 0.1) is 5.92 Å². The highest BCUT2D eigenvalue weighted by Gasteiger charge is 2.33. The third kappa shape index (κ3) is 5.65. The molecule has 1 amide bonds. The van der Waals surface area contributed by atoms with Crippen LogP contribution in [0.5, 0.6) is 0 Å². The number of carboxylic acids is 1. The van der Waals surface area contributed by atoms with Gasteiger partial charge in [-0.05, 0) is 12.8 Å². The number of rotatable bonds is 6. The van der Waals surface area contributed by atoms with Gasteiger partial charge in [-0.3, -0.25) is 9.59 Å². The van der Waals surface area contributed by atoms with E-state index < -0.39 is 11.5 Å². The van der Waals surface area contributed by atoms with Crippen LogP contribution in [-0.4, -0.2) is 45.0 Å². The number of nitrogens with one attached hydrogen (secondary N) is 1. The predicted molar refractivity (Wildman–Crippen MR) is 81.8 cm³/mol. The lowest BCUT2D eigenvalue weighted by Gasteiger charge is -2.34. The molecule has 2 N–H and O–H groups in total. The molecule has 19 heavy (non-hydrogen) atoms. The minimum Gasteiger partial charge on any atom is -0.481 e. The standard InChI is InChI=1S/C13H23NO3S2/c1-9(2)13(3,7-12(16)17)14-11(15)6-10-8-18-4-5-19-10/h9-10H,4-8H2,1-3H3,(H,14,15)(H,16,17). The molecule has 1 fully saturated rings. The van der Waals surface area contributed by atoms with Crippen molar-refractivity contribution in [1.29, 1.82) is 0 Å². The number of amides is 1. The third-order valence-electron chi connectivity index (χ3n) is 3.52. The summed E-state index contributed by atoms with van der Waals surface area (Å²) in [6.07, 6.45) is 0.447. The van der Waals surface area contributed by atoms with E-state index in [0.29, 0.717) is 11.7 Å². The molecule has 0 aromatic rings. The van der Waals surface area contributed by atoms with Gasteiger partial charge in [-0.2, -0.15) is 23.5 Å². The Morgan fingerprint density at radius 2 is 2.11 bits per heavy atom. The number of hydrogen-bond donors (Lipinski definition) is 2. The molecule has 0 aliphatic carbocycles. The molecular weight excluding hydrogens is 282 g/mol. The molecule has 2 atom stereocenters. The Hall–Kier alpha value is -0.360. The second-order valence-electron chi connectivity index (χ2n) is 5.46. The summed E-state index contributed by atoms with van der Waals surface area (Å²) in [4.78, 5) is 23.0. The van der Waals surface area contributed by atoms with Crippen molar-refractivity contribution in [2.45, 2.75) is 44.4 Å². The number of hydrogen-bond acceptors (Lipinski definition) is 4. The second-order valence-corrected chi connectivity index (χ2v) is 8.02. The molecule has 0 spiro atoms. The van der Waals surface area contributed by atoms with Gasteiger partial charge in [0.2, 0.25) is 5.91 Å².